The van der Waals surface area contributed by atoms with Crippen molar-refractivity contribution in [1.82, 2.24) is 8.87 Å². The van der Waals surface area contributed by atoms with Crippen molar-refractivity contribution < 1.29 is 17.9 Å². The summed E-state index contributed by atoms with van der Waals surface area (Å²) < 4.78 is 34.1. The maximum Gasteiger partial charge on any atom is 0.274 e. The van der Waals surface area contributed by atoms with E-state index in [1.165, 1.54) is 16.6 Å². The van der Waals surface area contributed by atoms with Gasteiger partial charge in [-0.3, -0.25) is 4.79 Å². The van der Waals surface area contributed by atoms with E-state index in [4.69, 9.17) is 4.74 Å². The maximum atomic E-state index is 13.3. The lowest BCUT2D eigenvalue weighted by Gasteiger charge is -2.25. The number of morpholine rings is 1. The second kappa shape index (κ2) is 8.89. The van der Waals surface area contributed by atoms with Crippen LogP contribution in [0, 0.1) is 0 Å². The Morgan fingerprint density at radius 3 is 2.50 bits per heavy atom. The predicted octanol–water partition coefficient (Wildman–Crippen LogP) is 2.49. The molecule has 0 saturated carbocycles. The molecule has 0 unspecified atom stereocenters. The summed E-state index contributed by atoms with van der Waals surface area (Å²) in [5.41, 5.74) is 1.16. The number of amides is 1. The molecule has 0 atom stereocenters. The van der Waals surface area contributed by atoms with Crippen LogP contribution in [0.2, 0.25) is 0 Å². The molecular formula is C20H27N3O4S. The molecule has 0 spiro atoms. The zero-order valence-electron chi connectivity index (χ0n) is 16.4. The lowest BCUT2D eigenvalue weighted by atomic mass is 10.2. The first-order chi connectivity index (χ1) is 13.4. The average molecular weight is 406 g/mol. The number of sulfonamides is 1. The number of ether oxygens (including phenoxy) is 1. The minimum Gasteiger partial charge on any atom is -0.379 e. The minimum atomic E-state index is -3.64. The molecule has 1 fully saturated rings. The number of hydrogen-bond acceptors (Lipinski definition) is 4. The van der Waals surface area contributed by atoms with E-state index in [0.717, 1.165) is 18.5 Å². The Kier molecular flexibility index (Phi) is 6.53. The van der Waals surface area contributed by atoms with Gasteiger partial charge in [0, 0.05) is 38.6 Å². The SMILES string of the molecule is CCCCN(C(=O)c1cc(S(=O)(=O)N2CCOCC2)cn1C)c1ccccc1. The normalized spacial score (nSPS) is 15.5. The number of benzene rings is 1. The van der Waals surface area contributed by atoms with E-state index < -0.39 is 10.0 Å². The molecule has 3 rings (SSSR count). The van der Waals surface area contributed by atoms with Crippen LogP contribution in [0.3, 0.4) is 0 Å². The van der Waals surface area contributed by atoms with Gasteiger partial charge >= 0.3 is 0 Å². The Morgan fingerprint density at radius 2 is 1.86 bits per heavy atom. The van der Waals surface area contributed by atoms with Crippen LogP contribution >= 0.6 is 0 Å². The van der Waals surface area contributed by atoms with E-state index >= 15 is 0 Å². The summed E-state index contributed by atoms with van der Waals surface area (Å²) in [4.78, 5) is 15.1. The highest BCUT2D eigenvalue weighted by atomic mass is 32.2. The number of carbonyl (C=O) groups is 1. The summed E-state index contributed by atoms with van der Waals surface area (Å²) in [5.74, 6) is -0.203. The molecule has 1 amide bonds. The molecule has 1 aliphatic rings. The van der Waals surface area contributed by atoms with Crippen molar-refractivity contribution in [1.29, 1.82) is 0 Å². The molecule has 2 aromatic rings. The molecule has 152 valence electrons. The number of carbonyl (C=O) groups excluding carboxylic acids is 1. The number of unbranched alkanes of at least 4 members (excludes halogenated alkanes) is 1. The quantitative estimate of drug-likeness (QED) is 0.710. The fourth-order valence-corrected chi connectivity index (χ4v) is 4.71. The van der Waals surface area contributed by atoms with E-state index in [1.54, 1.807) is 16.5 Å². The number of para-hydroxylation sites is 1. The molecule has 0 aliphatic carbocycles. The van der Waals surface area contributed by atoms with Crippen LogP contribution in [0.4, 0.5) is 5.69 Å². The lowest BCUT2D eigenvalue weighted by Crippen LogP contribution is -2.40. The monoisotopic (exact) mass is 405 g/mol. The molecule has 0 N–H and O–H groups in total. The van der Waals surface area contributed by atoms with Crippen LogP contribution < -0.4 is 4.90 Å². The first-order valence-corrected chi connectivity index (χ1v) is 11.0. The van der Waals surface area contributed by atoms with Crippen molar-refractivity contribution in [3.8, 4) is 0 Å². The second-order valence-electron chi connectivity index (χ2n) is 6.83. The number of nitrogens with zero attached hydrogens (tertiary/aromatic N) is 3. The third-order valence-corrected chi connectivity index (χ3v) is 6.72. The van der Waals surface area contributed by atoms with E-state index in [2.05, 4.69) is 6.92 Å². The van der Waals surface area contributed by atoms with Gasteiger partial charge in [-0.25, -0.2) is 8.42 Å². The largest absolute Gasteiger partial charge is 0.379 e. The van der Waals surface area contributed by atoms with Gasteiger partial charge < -0.3 is 14.2 Å². The van der Waals surface area contributed by atoms with Gasteiger partial charge in [0.15, 0.2) is 0 Å². The third kappa shape index (κ3) is 4.29. The van der Waals surface area contributed by atoms with Crippen LogP contribution in [0.15, 0.2) is 47.5 Å². The van der Waals surface area contributed by atoms with Crippen molar-refractivity contribution in [3.05, 3.63) is 48.3 Å². The number of anilines is 1. The molecule has 1 aromatic heterocycles. The Balaban J connectivity index is 1.91. The standard InChI is InChI=1S/C20H27N3O4S/c1-3-4-10-23(17-8-6-5-7-9-17)20(24)19-15-18(16-21(19)2)28(25,26)22-11-13-27-14-12-22/h5-9,15-16H,3-4,10-14H2,1-2H3. The summed E-state index contributed by atoms with van der Waals surface area (Å²) in [6.45, 7) is 4.08. The Morgan fingerprint density at radius 1 is 1.18 bits per heavy atom. The van der Waals surface area contributed by atoms with Gasteiger partial charge in [-0.15, -0.1) is 0 Å². The van der Waals surface area contributed by atoms with Crippen LogP contribution in [-0.2, 0) is 21.8 Å². The van der Waals surface area contributed by atoms with Crippen LogP contribution in [0.5, 0.6) is 0 Å². The summed E-state index contributed by atoms with van der Waals surface area (Å²) in [5, 5.41) is 0. The average Bonchev–Trinajstić information content (AvgIpc) is 3.12. The Bertz CT molecular complexity index is 903. The molecule has 1 aliphatic heterocycles. The topological polar surface area (TPSA) is 71.8 Å². The van der Waals surface area contributed by atoms with Gasteiger partial charge in [-0.1, -0.05) is 31.5 Å². The summed E-state index contributed by atoms with van der Waals surface area (Å²) in [7, 11) is -1.94. The second-order valence-corrected chi connectivity index (χ2v) is 8.77. The van der Waals surface area contributed by atoms with Crippen LogP contribution in [-0.4, -0.2) is 56.0 Å². The zero-order chi connectivity index (χ0) is 20.1. The van der Waals surface area contributed by atoms with Gasteiger partial charge in [0.1, 0.15) is 10.6 Å². The van der Waals surface area contributed by atoms with E-state index in [1.807, 2.05) is 30.3 Å². The molecule has 0 radical (unpaired) electrons. The van der Waals surface area contributed by atoms with Gasteiger partial charge in [0.2, 0.25) is 10.0 Å². The molecule has 28 heavy (non-hydrogen) atoms. The minimum absolute atomic E-state index is 0.142. The summed E-state index contributed by atoms with van der Waals surface area (Å²) in [6.07, 6.45) is 3.34. The first-order valence-electron chi connectivity index (χ1n) is 9.56. The molecule has 0 bridgehead atoms. The van der Waals surface area contributed by atoms with Crippen molar-refractivity contribution >= 4 is 21.6 Å². The molecule has 1 saturated heterocycles. The Hall–Kier alpha value is -2.16. The van der Waals surface area contributed by atoms with E-state index in [0.29, 0.717) is 38.5 Å². The van der Waals surface area contributed by atoms with Crippen molar-refractivity contribution in [2.75, 3.05) is 37.7 Å². The van der Waals surface area contributed by atoms with Gasteiger partial charge in [0.25, 0.3) is 5.91 Å². The first kappa shape index (κ1) is 20.6. The number of rotatable bonds is 7. The zero-order valence-corrected chi connectivity index (χ0v) is 17.2. The molecule has 1 aromatic carbocycles. The third-order valence-electron chi connectivity index (χ3n) is 4.86. The van der Waals surface area contributed by atoms with Gasteiger partial charge in [0.05, 0.1) is 13.2 Å². The van der Waals surface area contributed by atoms with E-state index in [9.17, 15) is 13.2 Å². The Labute approximate surface area is 166 Å². The summed E-state index contributed by atoms with van der Waals surface area (Å²) >= 11 is 0. The van der Waals surface area contributed by atoms with Crippen molar-refractivity contribution in [3.63, 3.8) is 0 Å². The number of hydrogen-bond donors (Lipinski definition) is 0. The smallest absolute Gasteiger partial charge is 0.274 e. The highest BCUT2D eigenvalue weighted by Gasteiger charge is 2.30. The fraction of sp³-hybridized carbons (Fsp3) is 0.450. The van der Waals surface area contributed by atoms with Crippen LogP contribution in [0.25, 0.3) is 0 Å². The maximum absolute atomic E-state index is 13.3. The molecular weight excluding hydrogens is 378 g/mol. The lowest BCUT2D eigenvalue weighted by molar-refractivity contribution is 0.0730. The fourth-order valence-electron chi connectivity index (χ4n) is 3.23. The van der Waals surface area contributed by atoms with Crippen molar-refractivity contribution in [2.24, 2.45) is 7.05 Å². The van der Waals surface area contributed by atoms with Crippen molar-refractivity contribution in [2.45, 2.75) is 24.7 Å². The molecule has 8 heteroatoms. The highest BCUT2D eigenvalue weighted by Crippen LogP contribution is 2.23. The predicted molar refractivity (Wildman–Crippen MR) is 108 cm³/mol. The number of aromatic nitrogens is 1. The summed E-state index contributed by atoms with van der Waals surface area (Å²) in [6, 6.07) is 10.9. The van der Waals surface area contributed by atoms with Gasteiger partial charge in [-0.05, 0) is 24.6 Å². The molecule has 2 heterocycles. The van der Waals surface area contributed by atoms with Gasteiger partial charge in [-0.2, -0.15) is 4.31 Å². The number of aryl methyl sites for hydroxylation is 1. The van der Waals surface area contributed by atoms with Crippen LogP contribution in [0.1, 0.15) is 30.3 Å². The highest BCUT2D eigenvalue weighted by molar-refractivity contribution is 7.89. The van der Waals surface area contributed by atoms with E-state index in [-0.39, 0.29) is 10.8 Å². The molecule has 7 nitrogen and oxygen atoms in total.